The molecule has 13 heteroatoms. The highest BCUT2D eigenvalue weighted by Gasteiger charge is 2.21. The molecule has 4 rings (SSSR count). The third kappa shape index (κ3) is 6.52. The van der Waals surface area contributed by atoms with Crippen molar-refractivity contribution in [1.29, 1.82) is 0 Å². The first-order valence-corrected chi connectivity index (χ1v) is 13.5. The van der Waals surface area contributed by atoms with Crippen LogP contribution in [0.1, 0.15) is 5.56 Å². The third-order valence-electron chi connectivity index (χ3n) is 5.99. The highest BCUT2D eigenvalue weighted by molar-refractivity contribution is 7.99. The van der Waals surface area contributed by atoms with Crippen LogP contribution in [0.4, 0.5) is 0 Å². The van der Waals surface area contributed by atoms with Crippen LogP contribution in [0.2, 0.25) is 0 Å². The Morgan fingerprint density at radius 3 is 1.88 bits per heavy atom. The Bertz CT molecular complexity index is 1510. The standard InChI is InChI=1S/C29H31N5O7S/c1-36-21-12-18(13-22(37-2)26(21)40-5)16-30-31-25(35)17-42-29-33-32-28(34(29)20-10-8-7-9-11-20)19-14-23(38-3)27(41-6)24(15-19)39-4/h7-16H,17H2,1-6H3,(H,31,35)/b30-16+. The third-order valence-corrected chi connectivity index (χ3v) is 6.92. The van der Waals surface area contributed by atoms with E-state index in [2.05, 4.69) is 20.7 Å². The monoisotopic (exact) mass is 593 g/mol. The van der Waals surface area contributed by atoms with Gasteiger partial charge in [0.2, 0.25) is 11.5 Å². The number of hydrogen-bond acceptors (Lipinski definition) is 11. The van der Waals surface area contributed by atoms with E-state index in [1.54, 1.807) is 45.6 Å². The van der Waals surface area contributed by atoms with E-state index in [-0.39, 0.29) is 11.7 Å². The number of amides is 1. The summed E-state index contributed by atoms with van der Waals surface area (Å²) in [5.41, 5.74) is 4.69. The lowest BCUT2D eigenvalue weighted by Gasteiger charge is -2.15. The van der Waals surface area contributed by atoms with Gasteiger partial charge in [-0.25, -0.2) is 5.43 Å². The quantitative estimate of drug-likeness (QED) is 0.137. The minimum absolute atomic E-state index is 0.0345. The van der Waals surface area contributed by atoms with Crippen LogP contribution in [-0.4, -0.2) is 75.3 Å². The molecule has 0 aliphatic carbocycles. The van der Waals surface area contributed by atoms with E-state index < -0.39 is 0 Å². The zero-order valence-corrected chi connectivity index (χ0v) is 24.9. The maximum absolute atomic E-state index is 12.7. The number of aromatic nitrogens is 3. The second kappa shape index (κ2) is 14.1. The van der Waals surface area contributed by atoms with Crippen molar-refractivity contribution in [3.63, 3.8) is 0 Å². The average Bonchev–Trinajstić information content (AvgIpc) is 3.46. The molecule has 0 saturated heterocycles. The van der Waals surface area contributed by atoms with Gasteiger partial charge in [-0.3, -0.25) is 9.36 Å². The Hall–Kier alpha value is -4.91. The largest absolute Gasteiger partial charge is 0.493 e. The van der Waals surface area contributed by atoms with Crippen molar-refractivity contribution in [2.75, 3.05) is 48.4 Å². The van der Waals surface area contributed by atoms with Gasteiger partial charge in [-0.15, -0.1) is 10.2 Å². The topological polar surface area (TPSA) is 128 Å². The van der Waals surface area contributed by atoms with Crippen molar-refractivity contribution < 1.29 is 33.2 Å². The van der Waals surface area contributed by atoms with Crippen LogP contribution in [-0.2, 0) is 4.79 Å². The van der Waals surface area contributed by atoms with E-state index >= 15 is 0 Å². The number of ether oxygens (including phenoxy) is 6. The van der Waals surface area contributed by atoms with Gasteiger partial charge >= 0.3 is 0 Å². The van der Waals surface area contributed by atoms with Crippen LogP contribution in [0.3, 0.4) is 0 Å². The molecule has 0 saturated carbocycles. The van der Waals surface area contributed by atoms with Gasteiger partial charge < -0.3 is 28.4 Å². The number of carbonyl (C=O) groups is 1. The lowest BCUT2D eigenvalue weighted by Crippen LogP contribution is -2.20. The van der Waals surface area contributed by atoms with Gasteiger partial charge in [0.15, 0.2) is 34.0 Å². The number of thioether (sulfide) groups is 1. The van der Waals surface area contributed by atoms with Crippen molar-refractivity contribution >= 4 is 23.9 Å². The summed E-state index contributed by atoms with van der Waals surface area (Å²) in [5.74, 6) is 3.07. The Morgan fingerprint density at radius 2 is 1.36 bits per heavy atom. The number of nitrogens with zero attached hydrogens (tertiary/aromatic N) is 4. The number of benzene rings is 3. The predicted octanol–water partition coefficient (Wildman–Crippen LogP) is 4.23. The predicted molar refractivity (Wildman–Crippen MR) is 159 cm³/mol. The van der Waals surface area contributed by atoms with Crippen LogP contribution < -0.4 is 33.8 Å². The van der Waals surface area contributed by atoms with E-state index in [0.717, 1.165) is 5.69 Å². The lowest BCUT2D eigenvalue weighted by atomic mass is 10.1. The molecule has 220 valence electrons. The smallest absolute Gasteiger partial charge is 0.250 e. The number of carbonyl (C=O) groups excluding carboxylic acids is 1. The van der Waals surface area contributed by atoms with Crippen molar-refractivity contribution in [3.05, 3.63) is 60.2 Å². The highest BCUT2D eigenvalue weighted by Crippen LogP contribution is 2.42. The molecule has 1 N–H and O–H groups in total. The molecule has 0 aliphatic heterocycles. The molecule has 0 radical (unpaired) electrons. The van der Waals surface area contributed by atoms with Crippen LogP contribution in [0.5, 0.6) is 34.5 Å². The molecule has 0 atom stereocenters. The molecule has 12 nitrogen and oxygen atoms in total. The molecule has 42 heavy (non-hydrogen) atoms. The van der Waals surface area contributed by atoms with Gasteiger partial charge in [0.1, 0.15) is 0 Å². The molecule has 1 amide bonds. The van der Waals surface area contributed by atoms with E-state index in [1.807, 2.05) is 34.9 Å². The fourth-order valence-electron chi connectivity index (χ4n) is 4.09. The van der Waals surface area contributed by atoms with E-state index in [1.165, 1.54) is 39.3 Å². The first-order valence-electron chi connectivity index (χ1n) is 12.5. The van der Waals surface area contributed by atoms with Gasteiger partial charge in [0.05, 0.1) is 54.6 Å². The summed E-state index contributed by atoms with van der Waals surface area (Å²) < 4.78 is 34.4. The maximum Gasteiger partial charge on any atom is 0.250 e. The number of hydrogen-bond donors (Lipinski definition) is 1. The summed E-state index contributed by atoms with van der Waals surface area (Å²) in [6, 6.07) is 16.6. The molecule has 3 aromatic carbocycles. The van der Waals surface area contributed by atoms with Gasteiger partial charge in [-0.2, -0.15) is 5.10 Å². The number of hydrazone groups is 1. The fraction of sp³-hybridized carbons (Fsp3) is 0.241. The summed E-state index contributed by atoms with van der Waals surface area (Å²) in [6.07, 6.45) is 1.49. The Morgan fingerprint density at radius 1 is 0.810 bits per heavy atom. The molecule has 4 aromatic rings. The van der Waals surface area contributed by atoms with Crippen molar-refractivity contribution in [2.45, 2.75) is 5.16 Å². The number of rotatable bonds is 13. The molecule has 0 bridgehead atoms. The zero-order valence-electron chi connectivity index (χ0n) is 24.0. The molecular weight excluding hydrogens is 562 g/mol. The van der Waals surface area contributed by atoms with E-state index in [9.17, 15) is 4.79 Å². The van der Waals surface area contributed by atoms with Crippen LogP contribution in [0.15, 0.2) is 64.9 Å². The number of methoxy groups -OCH3 is 6. The number of nitrogens with one attached hydrogen (secondary N) is 1. The highest BCUT2D eigenvalue weighted by atomic mass is 32.2. The van der Waals surface area contributed by atoms with Crippen molar-refractivity contribution in [3.8, 4) is 51.6 Å². The zero-order chi connectivity index (χ0) is 30.1. The van der Waals surface area contributed by atoms with Crippen LogP contribution in [0.25, 0.3) is 17.1 Å². The normalized spacial score (nSPS) is 10.8. The summed E-state index contributed by atoms with van der Waals surface area (Å²) in [4.78, 5) is 12.7. The molecule has 1 aromatic heterocycles. The molecule has 0 aliphatic rings. The average molecular weight is 594 g/mol. The Balaban J connectivity index is 1.56. The van der Waals surface area contributed by atoms with Crippen molar-refractivity contribution in [2.24, 2.45) is 5.10 Å². The Labute approximate surface area is 247 Å². The fourth-order valence-corrected chi connectivity index (χ4v) is 4.83. The van der Waals surface area contributed by atoms with Gasteiger partial charge in [-0.05, 0) is 36.4 Å². The first-order chi connectivity index (χ1) is 20.5. The lowest BCUT2D eigenvalue weighted by molar-refractivity contribution is -0.118. The molecule has 0 spiro atoms. The van der Waals surface area contributed by atoms with E-state index in [0.29, 0.717) is 56.6 Å². The van der Waals surface area contributed by atoms with Crippen LogP contribution in [0, 0.1) is 0 Å². The summed E-state index contributed by atoms with van der Waals surface area (Å²) in [5, 5.41) is 13.4. The minimum Gasteiger partial charge on any atom is -0.493 e. The minimum atomic E-state index is -0.333. The second-order valence-corrected chi connectivity index (χ2v) is 9.37. The van der Waals surface area contributed by atoms with Gasteiger partial charge in [0.25, 0.3) is 5.91 Å². The molecule has 0 unspecified atom stereocenters. The SMILES string of the molecule is COc1cc(/C=N/NC(=O)CSc2nnc(-c3cc(OC)c(OC)c(OC)c3)n2-c2ccccc2)cc(OC)c1OC. The van der Waals surface area contributed by atoms with Crippen LogP contribution >= 0.6 is 11.8 Å². The Kier molecular flexibility index (Phi) is 10.1. The first kappa shape index (κ1) is 30.1. The van der Waals surface area contributed by atoms with E-state index in [4.69, 9.17) is 28.4 Å². The maximum atomic E-state index is 12.7. The second-order valence-electron chi connectivity index (χ2n) is 8.43. The molecule has 0 fully saturated rings. The summed E-state index contributed by atoms with van der Waals surface area (Å²) >= 11 is 1.22. The van der Waals surface area contributed by atoms with Crippen molar-refractivity contribution in [1.82, 2.24) is 20.2 Å². The van der Waals surface area contributed by atoms with Gasteiger partial charge in [-0.1, -0.05) is 30.0 Å². The molecule has 1 heterocycles. The number of para-hydroxylation sites is 1. The summed E-state index contributed by atoms with van der Waals surface area (Å²) in [6.45, 7) is 0. The van der Waals surface area contributed by atoms with Gasteiger partial charge in [0, 0.05) is 16.8 Å². The summed E-state index contributed by atoms with van der Waals surface area (Å²) in [7, 11) is 9.22. The molecular formula is C29H31N5O7S.